The van der Waals surface area contributed by atoms with Crippen LogP contribution in [-0.2, 0) is 0 Å². The number of ketones is 1. The molecule has 2 fully saturated rings. The van der Waals surface area contributed by atoms with E-state index in [9.17, 15) is 9.59 Å². The van der Waals surface area contributed by atoms with Gasteiger partial charge in [-0.2, -0.15) is 9.78 Å². The third-order valence-electron chi connectivity index (χ3n) is 6.19. The lowest BCUT2D eigenvalue weighted by Gasteiger charge is -2.25. The zero-order chi connectivity index (χ0) is 20.5. The monoisotopic (exact) mass is 396 g/mol. The van der Waals surface area contributed by atoms with E-state index in [0.717, 1.165) is 44.2 Å². The number of Topliss-reactive ketones (excluding diaryl/α,β-unsaturated/α-hetero) is 1. The Labute approximate surface area is 170 Å². The van der Waals surface area contributed by atoms with Crippen LogP contribution in [0.1, 0.15) is 67.4 Å². The van der Waals surface area contributed by atoms with E-state index >= 15 is 0 Å². The zero-order valence-electron chi connectivity index (χ0n) is 17.3. The number of hydrogen-bond acceptors (Lipinski definition) is 5. The third-order valence-corrected chi connectivity index (χ3v) is 6.19. The van der Waals surface area contributed by atoms with Crippen LogP contribution in [0.4, 0.5) is 0 Å². The van der Waals surface area contributed by atoms with Crippen LogP contribution in [0.3, 0.4) is 0 Å². The Morgan fingerprint density at radius 1 is 1.00 bits per heavy atom. The quantitative estimate of drug-likeness (QED) is 0.687. The van der Waals surface area contributed by atoms with Gasteiger partial charge in [0.05, 0.1) is 31.2 Å². The van der Waals surface area contributed by atoms with Crippen molar-refractivity contribution < 1.29 is 14.3 Å². The van der Waals surface area contributed by atoms with Crippen LogP contribution in [0.25, 0.3) is 5.69 Å². The molecule has 0 radical (unpaired) electrons. The van der Waals surface area contributed by atoms with E-state index in [2.05, 4.69) is 12.0 Å². The number of hydrogen-bond donors (Lipinski definition) is 0. The molecule has 0 N–H and O–H groups in total. The Hall–Kier alpha value is -2.63. The van der Waals surface area contributed by atoms with Gasteiger partial charge in [0.1, 0.15) is 0 Å². The summed E-state index contributed by atoms with van der Waals surface area (Å²) in [5.41, 5.74) is 1.31. The Morgan fingerprint density at radius 3 is 2.31 bits per heavy atom. The number of carbonyl (C=O) groups is 1. The van der Waals surface area contributed by atoms with Crippen molar-refractivity contribution in [3.8, 4) is 17.2 Å². The van der Waals surface area contributed by atoms with E-state index < -0.39 is 0 Å². The van der Waals surface area contributed by atoms with E-state index in [0.29, 0.717) is 29.0 Å². The Bertz CT molecular complexity index is 969. The van der Waals surface area contributed by atoms with Gasteiger partial charge >= 0.3 is 0 Å². The molecule has 2 saturated carbocycles. The lowest BCUT2D eigenvalue weighted by atomic mass is 9.79. The molecule has 0 atom stereocenters. The molecule has 0 amide bonds. The Morgan fingerprint density at radius 2 is 1.69 bits per heavy atom. The number of benzene rings is 1. The van der Waals surface area contributed by atoms with Crippen LogP contribution in [0.2, 0.25) is 0 Å². The van der Waals surface area contributed by atoms with Gasteiger partial charge in [0.2, 0.25) is 0 Å². The average Bonchev–Trinajstić information content (AvgIpc) is 3.59. The second-order valence-corrected chi connectivity index (χ2v) is 8.33. The second kappa shape index (κ2) is 8.01. The molecule has 2 aliphatic rings. The molecule has 29 heavy (non-hydrogen) atoms. The molecule has 0 unspecified atom stereocenters. The van der Waals surface area contributed by atoms with E-state index in [-0.39, 0.29) is 22.8 Å². The topological polar surface area (TPSA) is 70.4 Å². The van der Waals surface area contributed by atoms with Gasteiger partial charge in [-0.25, -0.2) is 0 Å². The van der Waals surface area contributed by atoms with Crippen LogP contribution < -0.4 is 15.0 Å². The predicted molar refractivity (Wildman–Crippen MR) is 110 cm³/mol. The molecule has 0 bridgehead atoms. The average molecular weight is 396 g/mol. The molecule has 6 heteroatoms. The SMILES string of the molecule is COc1ccc(-n2nc(C3CC3)cc(C(=O)C3CCC(C)CC3)c2=O)cc1OC. The molecule has 0 aliphatic heterocycles. The van der Waals surface area contributed by atoms with Crippen molar-refractivity contribution in [3.05, 3.63) is 45.9 Å². The van der Waals surface area contributed by atoms with Crippen molar-refractivity contribution in [2.75, 3.05) is 14.2 Å². The molecular formula is C23H28N2O4. The summed E-state index contributed by atoms with van der Waals surface area (Å²) in [7, 11) is 3.12. The van der Waals surface area contributed by atoms with E-state index in [1.54, 1.807) is 38.5 Å². The number of nitrogens with zero attached hydrogens (tertiary/aromatic N) is 2. The van der Waals surface area contributed by atoms with Crippen LogP contribution >= 0.6 is 0 Å². The Kier molecular flexibility index (Phi) is 5.43. The summed E-state index contributed by atoms with van der Waals surface area (Å²) < 4.78 is 12.0. The van der Waals surface area contributed by atoms with Crippen molar-refractivity contribution in [1.29, 1.82) is 0 Å². The first-order valence-corrected chi connectivity index (χ1v) is 10.4. The first-order valence-electron chi connectivity index (χ1n) is 10.4. The maximum absolute atomic E-state index is 13.3. The van der Waals surface area contributed by atoms with Gasteiger partial charge in [-0.15, -0.1) is 0 Å². The third kappa shape index (κ3) is 3.93. The highest BCUT2D eigenvalue weighted by Crippen LogP contribution is 2.39. The number of methoxy groups -OCH3 is 2. The van der Waals surface area contributed by atoms with Crippen molar-refractivity contribution in [2.45, 2.75) is 51.4 Å². The van der Waals surface area contributed by atoms with Gasteiger partial charge in [-0.1, -0.05) is 19.8 Å². The standard InChI is InChI=1S/C23H28N2O4/c1-14-4-6-16(7-5-14)22(26)18-13-19(15-8-9-15)24-25(23(18)27)17-10-11-20(28-2)21(12-17)29-3/h10-16H,4-9H2,1-3H3. The molecule has 6 nitrogen and oxygen atoms in total. The minimum absolute atomic E-state index is 0.0274. The summed E-state index contributed by atoms with van der Waals surface area (Å²) in [5.74, 6) is 1.99. The first kappa shape index (κ1) is 19.7. The highest BCUT2D eigenvalue weighted by molar-refractivity contribution is 5.97. The van der Waals surface area contributed by atoms with Gasteiger partial charge in [-0.3, -0.25) is 9.59 Å². The summed E-state index contributed by atoms with van der Waals surface area (Å²) in [6.07, 6.45) is 5.90. The summed E-state index contributed by atoms with van der Waals surface area (Å²) in [5, 5.41) is 4.59. The zero-order valence-corrected chi connectivity index (χ0v) is 17.3. The molecule has 1 aromatic heterocycles. The van der Waals surface area contributed by atoms with Crippen LogP contribution in [0, 0.1) is 11.8 Å². The van der Waals surface area contributed by atoms with Crippen molar-refractivity contribution >= 4 is 5.78 Å². The molecule has 4 rings (SSSR count). The number of rotatable bonds is 6. The molecule has 1 heterocycles. The largest absolute Gasteiger partial charge is 0.493 e. The maximum atomic E-state index is 13.3. The fourth-order valence-electron chi connectivity index (χ4n) is 4.14. The first-order chi connectivity index (χ1) is 14.0. The maximum Gasteiger partial charge on any atom is 0.282 e. The number of ether oxygens (including phenoxy) is 2. The normalized spacial score (nSPS) is 21.6. The van der Waals surface area contributed by atoms with Crippen LogP contribution in [-0.4, -0.2) is 29.8 Å². The van der Waals surface area contributed by atoms with Crippen LogP contribution in [0.5, 0.6) is 11.5 Å². The lowest BCUT2D eigenvalue weighted by Crippen LogP contribution is -2.32. The van der Waals surface area contributed by atoms with E-state index in [1.807, 2.05) is 0 Å². The number of carbonyl (C=O) groups excluding carboxylic acids is 1. The fraction of sp³-hybridized carbons (Fsp3) is 0.522. The summed E-state index contributed by atoms with van der Waals surface area (Å²) in [6, 6.07) is 6.98. The number of aromatic nitrogens is 2. The molecule has 0 spiro atoms. The van der Waals surface area contributed by atoms with Crippen molar-refractivity contribution in [3.63, 3.8) is 0 Å². The van der Waals surface area contributed by atoms with Crippen molar-refractivity contribution in [1.82, 2.24) is 9.78 Å². The summed E-state index contributed by atoms with van der Waals surface area (Å²) in [6.45, 7) is 2.22. The predicted octanol–water partition coefficient (Wildman–Crippen LogP) is 4.14. The van der Waals surface area contributed by atoms with Crippen LogP contribution in [0.15, 0.2) is 29.1 Å². The highest BCUT2D eigenvalue weighted by Gasteiger charge is 2.31. The highest BCUT2D eigenvalue weighted by atomic mass is 16.5. The van der Waals surface area contributed by atoms with Crippen molar-refractivity contribution in [2.24, 2.45) is 11.8 Å². The van der Waals surface area contributed by atoms with Gasteiger partial charge in [0.15, 0.2) is 17.3 Å². The molecule has 2 aliphatic carbocycles. The summed E-state index contributed by atoms with van der Waals surface area (Å²) in [4.78, 5) is 26.5. The molecule has 2 aromatic rings. The molecule has 1 aromatic carbocycles. The van der Waals surface area contributed by atoms with Gasteiger partial charge in [-0.05, 0) is 49.8 Å². The minimum atomic E-state index is -0.356. The molecular weight excluding hydrogens is 368 g/mol. The molecule has 0 saturated heterocycles. The lowest BCUT2D eigenvalue weighted by molar-refractivity contribution is 0.0873. The Balaban J connectivity index is 1.77. The van der Waals surface area contributed by atoms with E-state index in [4.69, 9.17) is 9.47 Å². The smallest absolute Gasteiger partial charge is 0.282 e. The second-order valence-electron chi connectivity index (χ2n) is 8.33. The van der Waals surface area contributed by atoms with Gasteiger partial charge < -0.3 is 9.47 Å². The summed E-state index contributed by atoms with van der Waals surface area (Å²) >= 11 is 0. The van der Waals surface area contributed by atoms with Gasteiger partial charge in [0.25, 0.3) is 5.56 Å². The minimum Gasteiger partial charge on any atom is -0.493 e. The fourth-order valence-corrected chi connectivity index (χ4v) is 4.14. The van der Waals surface area contributed by atoms with E-state index in [1.165, 1.54) is 4.68 Å². The molecule has 154 valence electrons. The van der Waals surface area contributed by atoms with Gasteiger partial charge in [0, 0.05) is 17.9 Å².